The highest BCUT2D eigenvalue weighted by atomic mass is 19.1. The molecule has 0 N–H and O–H groups in total. The van der Waals surface area contributed by atoms with Gasteiger partial charge in [0, 0.05) is 11.6 Å². The summed E-state index contributed by atoms with van der Waals surface area (Å²) in [5.74, 6) is -0.127. The maximum atomic E-state index is 14.3. The molecule has 37 heavy (non-hydrogen) atoms. The molecule has 1 aromatic heterocycles. The molecular formula is C25H21FN4O7. The van der Waals surface area contributed by atoms with Gasteiger partial charge in [0.2, 0.25) is 11.3 Å². The first-order valence-corrected chi connectivity index (χ1v) is 11.2. The van der Waals surface area contributed by atoms with Gasteiger partial charge in [-0.3, -0.25) is 19.8 Å². The van der Waals surface area contributed by atoms with Crippen molar-refractivity contribution >= 4 is 34.0 Å². The molecule has 12 heteroatoms. The molecule has 3 aromatic carbocycles. The summed E-state index contributed by atoms with van der Waals surface area (Å²) < 4.78 is 35.3. The number of nitro groups is 1. The molecule has 0 aliphatic heterocycles. The fourth-order valence-corrected chi connectivity index (χ4v) is 4.30. The summed E-state index contributed by atoms with van der Waals surface area (Å²) >= 11 is 0. The van der Waals surface area contributed by atoms with Crippen molar-refractivity contribution in [2.45, 2.75) is 18.8 Å². The lowest BCUT2D eigenvalue weighted by Gasteiger charge is -2.26. The predicted molar refractivity (Wildman–Crippen MR) is 129 cm³/mol. The molecule has 11 nitrogen and oxygen atoms in total. The number of anilines is 2. The van der Waals surface area contributed by atoms with Gasteiger partial charge in [-0.2, -0.15) is 0 Å². The molecule has 1 aliphatic rings. The lowest BCUT2D eigenvalue weighted by molar-refractivity contribution is -0.383. The van der Waals surface area contributed by atoms with Gasteiger partial charge in [0.15, 0.2) is 17.0 Å². The van der Waals surface area contributed by atoms with Gasteiger partial charge in [-0.15, -0.1) is 0 Å². The number of halogens is 1. The number of methoxy groups -OCH3 is 3. The fourth-order valence-electron chi connectivity index (χ4n) is 4.30. The SMILES string of the molecule is COc1cc(C(=O)N(c2ccc(F)cc2C2CC2)c2ccc([N+](=O)[O-])c3nonc23)cc(OC)c1OC. The Balaban J connectivity index is 1.76. The molecule has 0 radical (unpaired) electrons. The van der Waals surface area contributed by atoms with Gasteiger partial charge in [0.05, 0.1) is 37.6 Å². The van der Waals surface area contributed by atoms with Crippen molar-refractivity contribution in [1.82, 2.24) is 10.3 Å². The largest absolute Gasteiger partial charge is 0.493 e. The summed E-state index contributed by atoms with van der Waals surface area (Å²) in [4.78, 5) is 26.5. The van der Waals surface area contributed by atoms with E-state index in [-0.39, 0.29) is 45.4 Å². The van der Waals surface area contributed by atoms with Crippen LogP contribution in [0.25, 0.3) is 11.0 Å². The van der Waals surface area contributed by atoms with E-state index in [1.54, 1.807) is 0 Å². The molecule has 1 amide bonds. The number of ether oxygens (including phenoxy) is 3. The molecular weight excluding hydrogens is 487 g/mol. The Kier molecular flexibility index (Phi) is 6.07. The Morgan fingerprint density at radius 1 is 1.00 bits per heavy atom. The van der Waals surface area contributed by atoms with Crippen LogP contribution in [0, 0.1) is 15.9 Å². The third-order valence-corrected chi connectivity index (χ3v) is 6.17. The normalized spacial score (nSPS) is 12.9. The highest BCUT2D eigenvalue weighted by Gasteiger charge is 2.34. The lowest BCUT2D eigenvalue weighted by atomic mass is 10.0. The molecule has 5 rings (SSSR count). The predicted octanol–water partition coefficient (Wildman–Crippen LogP) is 5.15. The number of nitro benzene ring substituents is 1. The quantitative estimate of drug-likeness (QED) is 0.234. The summed E-state index contributed by atoms with van der Waals surface area (Å²) in [6, 6.07) is 9.73. The molecule has 1 heterocycles. The van der Waals surface area contributed by atoms with Gasteiger partial charge in [-0.25, -0.2) is 9.02 Å². The van der Waals surface area contributed by atoms with E-state index in [1.807, 2.05) is 0 Å². The number of fused-ring (bicyclic) bond motifs is 1. The summed E-state index contributed by atoms with van der Waals surface area (Å²) in [6.07, 6.45) is 1.67. The second-order valence-electron chi connectivity index (χ2n) is 8.35. The number of carbonyl (C=O) groups is 1. The number of nitrogens with zero attached hydrogens (tertiary/aromatic N) is 4. The van der Waals surface area contributed by atoms with E-state index in [1.165, 1.54) is 68.7 Å². The molecule has 0 spiro atoms. The van der Waals surface area contributed by atoms with Crippen molar-refractivity contribution in [2.24, 2.45) is 0 Å². The third kappa shape index (κ3) is 4.15. The Morgan fingerprint density at radius 2 is 1.65 bits per heavy atom. The maximum Gasteiger partial charge on any atom is 0.300 e. The van der Waals surface area contributed by atoms with Crippen LogP contribution in [-0.2, 0) is 0 Å². The minimum absolute atomic E-state index is 0.000985. The number of rotatable bonds is 8. The minimum atomic E-state index is -0.616. The van der Waals surface area contributed by atoms with Crippen molar-refractivity contribution < 1.29 is 32.9 Å². The number of hydrogen-bond donors (Lipinski definition) is 0. The van der Waals surface area contributed by atoms with Crippen molar-refractivity contribution in [3.05, 3.63) is 69.5 Å². The van der Waals surface area contributed by atoms with Gasteiger partial charge >= 0.3 is 5.69 Å². The molecule has 0 unspecified atom stereocenters. The van der Waals surface area contributed by atoms with E-state index in [2.05, 4.69) is 10.3 Å². The molecule has 1 fully saturated rings. The van der Waals surface area contributed by atoms with E-state index in [0.717, 1.165) is 12.8 Å². The van der Waals surface area contributed by atoms with E-state index in [9.17, 15) is 19.3 Å². The lowest BCUT2D eigenvalue weighted by Crippen LogP contribution is -2.27. The first-order chi connectivity index (χ1) is 17.9. The van der Waals surface area contributed by atoms with Crippen LogP contribution in [0.2, 0.25) is 0 Å². The van der Waals surface area contributed by atoms with Crippen molar-refractivity contribution in [1.29, 1.82) is 0 Å². The van der Waals surface area contributed by atoms with E-state index < -0.39 is 16.6 Å². The number of amides is 1. The molecule has 4 aromatic rings. The van der Waals surface area contributed by atoms with Crippen LogP contribution < -0.4 is 19.1 Å². The number of aromatic nitrogens is 2. The molecule has 0 atom stereocenters. The summed E-state index contributed by atoms with van der Waals surface area (Å²) in [5.41, 5.74) is 0.908. The summed E-state index contributed by atoms with van der Waals surface area (Å²) in [7, 11) is 4.30. The highest BCUT2D eigenvalue weighted by molar-refractivity contribution is 6.15. The average molecular weight is 508 g/mol. The summed E-state index contributed by atoms with van der Waals surface area (Å²) in [5, 5.41) is 19.1. The van der Waals surface area contributed by atoms with Crippen LogP contribution in [0.1, 0.15) is 34.7 Å². The Hall–Kier alpha value is -4.74. The zero-order valence-corrected chi connectivity index (χ0v) is 20.1. The monoisotopic (exact) mass is 508 g/mol. The van der Waals surface area contributed by atoms with Crippen LogP contribution in [0.15, 0.2) is 47.1 Å². The number of benzene rings is 3. The fraction of sp³-hybridized carbons (Fsp3) is 0.240. The molecule has 1 aliphatic carbocycles. The van der Waals surface area contributed by atoms with Gasteiger partial charge < -0.3 is 14.2 Å². The zero-order valence-electron chi connectivity index (χ0n) is 20.1. The van der Waals surface area contributed by atoms with Crippen LogP contribution in [0.3, 0.4) is 0 Å². The minimum Gasteiger partial charge on any atom is -0.493 e. The second-order valence-corrected chi connectivity index (χ2v) is 8.35. The van der Waals surface area contributed by atoms with Gasteiger partial charge in [-0.1, -0.05) is 0 Å². The third-order valence-electron chi connectivity index (χ3n) is 6.17. The van der Waals surface area contributed by atoms with Crippen LogP contribution >= 0.6 is 0 Å². The molecule has 1 saturated carbocycles. The van der Waals surface area contributed by atoms with Gasteiger partial charge in [0.1, 0.15) is 5.82 Å². The molecule has 0 saturated heterocycles. The van der Waals surface area contributed by atoms with Crippen LogP contribution in [0.5, 0.6) is 17.2 Å². The number of non-ortho nitro benzene ring substituents is 1. The standard InChI is InChI=1S/C25H21FN4O7/c1-34-20-10-14(11-21(35-2)24(20)36-3)25(31)29(17-7-6-15(26)12-16(17)13-4-5-13)18-8-9-19(30(32)33)23-22(18)27-37-28-23/h6-13H,4-5H2,1-3H3. The Bertz CT molecular complexity index is 1510. The van der Waals surface area contributed by atoms with Gasteiger partial charge in [0.25, 0.3) is 5.91 Å². The smallest absolute Gasteiger partial charge is 0.300 e. The average Bonchev–Trinajstić information content (AvgIpc) is 3.64. The second kappa shape index (κ2) is 9.37. The first-order valence-electron chi connectivity index (χ1n) is 11.2. The maximum absolute atomic E-state index is 14.3. The topological polar surface area (TPSA) is 130 Å². The highest BCUT2D eigenvalue weighted by Crippen LogP contribution is 2.48. The van der Waals surface area contributed by atoms with Crippen molar-refractivity contribution in [2.75, 3.05) is 26.2 Å². The van der Waals surface area contributed by atoms with Gasteiger partial charge in [-0.05, 0) is 71.0 Å². The number of carbonyl (C=O) groups excluding carboxylic acids is 1. The Morgan fingerprint density at radius 3 is 2.24 bits per heavy atom. The van der Waals surface area contributed by atoms with Crippen LogP contribution in [-0.4, -0.2) is 42.5 Å². The summed E-state index contributed by atoms with van der Waals surface area (Å²) in [6.45, 7) is 0. The number of hydrogen-bond acceptors (Lipinski definition) is 9. The van der Waals surface area contributed by atoms with E-state index in [4.69, 9.17) is 18.8 Å². The first kappa shape index (κ1) is 24.0. The van der Waals surface area contributed by atoms with E-state index in [0.29, 0.717) is 17.0 Å². The Labute approximate surface area is 209 Å². The molecule has 0 bridgehead atoms. The van der Waals surface area contributed by atoms with Crippen molar-refractivity contribution in [3.63, 3.8) is 0 Å². The molecule has 190 valence electrons. The van der Waals surface area contributed by atoms with Crippen molar-refractivity contribution in [3.8, 4) is 17.2 Å². The zero-order chi connectivity index (χ0) is 26.3. The van der Waals surface area contributed by atoms with E-state index >= 15 is 0 Å². The van der Waals surface area contributed by atoms with Crippen LogP contribution in [0.4, 0.5) is 21.5 Å².